The quantitative estimate of drug-likeness (QED) is 0.809. The van der Waals surface area contributed by atoms with Crippen molar-refractivity contribution in [1.82, 2.24) is 24.6 Å². The molecule has 1 aromatic rings. The van der Waals surface area contributed by atoms with E-state index in [1.807, 2.05) is 4.90 Å². The van der Waals surface area contributed by atoms with Gasteiger partial charge in [0.15, 0.2) is 0 Å². The molecule has 122 valence electrons. The summed E-state index contributed by atoms with van der Waals surface area (Å²) in [5.41, 5.74) is 0. The van der Waals surface area contributed by atoms with Gasteiger partial charge in [-0.05, 0) is 0 Å². The van der Waals surface area contributed by atoms with E-state index < -0.39 is 0 Å². The number of hydrogen-bond donors (Lipinski definition) is 0. The summed E-state index contributed by atoms with van der Waals surface area (Å²) in [6, 6.07) is 0. The fourth-order valence-corrected chi connectivity index (χ4v) is 3.07. The first kappa shape index (κ1) is 15.4. The van der Waals surface area contributed by atoms with E-state index in [4.69, 9.17) is 4.74 Å². The zero-order valence-corrected chi connectivity index (χ0v) is 13.5. The first-order valence-electron chi connectivity index (χ1n) is 8.15. The minimum Gasteiger partial charge on any atom is -0.378 e. The van der Waals surface area contributed by atoms with Crippen molar-refractivity contribution < 1.29 is 9.53 Å². The van der Waals surface area contributed by atoms with Crippen LogP contribution in [0.4, 0.5) is 0 Å². The summed E-state index contributed by atoms with van der Waals surface area (Å²) in [6.45, 7) is 10.5. The molecule has 0 aliphatic carbocycles. The largest absolute Gasteiger partial charge is 0.378 e. The maximum Gasteiger partial charge on any atom is 0.224 e. The summed E-state index contributed by atoms with van der Waals surface area (Å²) in [7, 11) is 0. The van der Waals surface area contributed by atoms with Crippen molar-refractivity contribution in [1.29, 1.82) is 0 Å². The summed E-state index contributed by atoms with van der Waals surface area (Å²) in [6.07, 6.45) is 0.575. The van der Waals surface area contributed by atoms with E-state index in [2.05, 4.69) is 33.5 Å². The summed E-state index contributed by atoms with van der Waals surface area (Å²) < 4.78 is 7.51. The van der Waals surface area contributed by atoms with Gasteiger partial charge in [0.2, 0.25) is 5.91 Å². The maximum atomic E-state index is 12.2. The van der Waals surface area contributed by atoms with Crippen LogP contribution < -0.4 is 0 Å². The lowest BCUT2D eigenvalue weighted by Gasteiger charge is -2.30. The van der Waals surface area contributed by atoms with Gasteiger partial charge in [-0.2, -0.15) is 0 Å². The molecule has 0 aromatic carbocycles. The van der Waals surface area contributed by atoms with Crippen LogP contribution >= 0.6 is 0 Å². The number of aromatic nitrogens is 3. The summed E-state index contributed by atoms with van der Waals surface area (Å²) in [4.78, 5) is 16.4. The molecule has 0 bridgehead atoms. The van der Waals surface area contributed by atoms with Crippen molar-refractivity contribution in [2.24, 2.45) is 0 Å². The Morgan fingerprint density at radius 3 is 2.68 bits per heavy atom. The van der Waals surface area contributed by atoms with Crippen LogP contribution in [0.15, 0.2) is 0 Å². The Bertz CT molecular complexity index is 522. The molecule has 0 radical (unpaired) electrons. The third-order valence-electron chi connectivity index (χ3n) is 4.38. The predicted octanol–water partition coefficient (Wildman–Crippen LogP) is 0.466. The van der Waals surface area contributed by atoms with E-state index in [0.717, 1.165) is 50.9 Å². The standard InChI is InChI=1S/C15H25N5O2/c1-12(2)15-17-16-13-11-18(5-6-20(13)15)4-3-14(21)19-7-9-22-10-8-19/h12H,3-11H2,1-2H3. The van der Waals surface area contributed by atoms with Crippen molar-refractivity contribution in [2.45, 2.75) is 39.3 Å². The monoisotopic (exact) mass is 307 g/mol. The van der Waals surface area contributed by atoms with Crippen LogP contribution in [0.1, 0.15) is 37.8 Å². The van der Waals surface area contributed by atoms with E-state index in [0.29, 0.717) is 25.6 Å². The molecule has 1 saturated heterocycles. The second-order valence-corrected chi connectivity index (χ2v) is 6.30. The Labute approximate surface area is 131 Å². The highest BCUT2D eigenvalue weighted by atomic mass is 16.5. The first-order valence-corrected chi connectivity index (χ1v) is 8.15. The molecule has 0 N–H and O–H groups in total. The van der Waals surface area contributed by atoms with Crippen LogP contribution in [0.5, 0.6) is 0 Å². The second-order valence-electron chi connectivity index (χ2n) is 6.30. The van der Waals surface area contributed by atoms with Gasteiger partial charge in [0.25, 0.3) is 0 Å². The van der Waals surface area contributed by atoms with E-state index in [-0.39, 0.29) is 5.91 Å². The number of ether oxygens (including phenoxy) is 1. The molecule has 3 rings (SSSR count). The number of carbonyl (C=O) groups excluding carboxylic acids is 1. The first-order chi connectivity index (χ1) is 10.6. The highest BCUT2D eigenvalue weighted by molar-refractivity contribution is 5.76. The van der Waals surface area contributed by atoms with Crippen LogP contribution in [0.2, 0.25) is 0 Å². The lowest BCUT2D eigenvalue weighted by atomic mass is 10.2. The summed E-state index contributed by atoms with van der Waals surface area (Å²) >= 11 is 0. The van der Waals surface area contributed by atoms with E-state index in [9.17, 15) is 4.79 Å². The van der Waals surface area contributed by atoms with Crippen LogP contribution in [0, 0.1) is 0 Å². The molecule has 0 saturated carbocycles. The lowest BCUT2D eigenvalue weighted by molar-refractivity contribution is -0.135. The Hall–Kier alpha value is -1.47. The molecule has 0 unspecified atom stereocenters. The van der Waals surface area contributed by atoms with Gasteiger partial charge in [0.1, 0.15) is 11.6 Å². The molecule has 0 spiro atoms. The van der Waals surface area contributed by atoms with Gasteiger partial charge in [-0.25, -0.2) is 0 Å². The zero-order valence-electron chi connectivity index (χ0n) is 13.5. The van der Waals surface area contributed by atoms with Crippen molar-refractivity contribution >= 4 is 5.91 Å². The molecule has 1 aromatic heterocycles. The number of amides is 1. The predicted molar refractivity (Wildman–Crippen MR) is 81.4 cm³/mol. The molecule has 3 heterocycles. The number of fused-ring (bicyclic) bond motifs is 1. The molecule has 0 atom stereocenters. The van der Waals surface area contributed by atoms with Gasteiger partial charge >= 0.3 is 0 Å². The van der Waals surface area contributed by atoms with Gasteiger partial charge in [-0.3, -0.25) is 9.69 Å². The van der Waals surface area contributed by atoms with Gasteiger partial charge < -0.3 is 14.2 Å². The van der Waals surface area contributed by atoms with E-state index in [1.54, 1.807) is 0 Å². The van der Waals surface area contributed by atoms with Crippen molar-refractivity contribution in [2.75, 3.05) is 39.4 Å². The van der Waals surface area contributed by atoms with Gasteiger partial charge in [0, 0.05) is 45.1 Å². The normalized spacial score (nSPS) is 19.5. The fraction of sp³-hybridized carbons (Fsp3) is 0.800. The van der Waals surface area contributed by atoms with E-state index in [1.165, 1.54) is 0 Å². The SMILES string of the molecule is CC(C)c1nnc2n1CCN(CCC(=O)N1CCOCC1)C2. The Morgan fingerprint density at radius 2 is 1.95 bits per heavy atom. The average molecular weight is 307 g/mol. The molecule has 1 fully saturated rings. The van der Waals surface area contributed by atoms with Crippen molar-refractivity contribution in [3.63, 3.8) is 0 Å². The minimum absolute atomic E-state index is 0.234. The minimum atomic E-state index is 0.234. The number of morpholine rings is 1. The van der Waals surface area contributed by atoms with Crippen LogP contribution in [-0.2, 0) is 22.6 Å². The third kappa shape index (κ3) is 3.30. The molecule has 2 aliphatic heterocycles. The fourth-order valence-electron chi connectivity index (χ4n) is 3.07. The van der Waals surface area contributed by atoms with Gasteiger partial charge in [-0.15, -0.1) is 10.2 Å². The average Bonchev–Trinajstić information content (AvgIpc) is 2.96. The molecular formula is C15H25N5O2. The van der Waals surface area contributed by atoms with Crippen LogP contribution in [0.3, 0.4) is 0 Å². The number of rotatable bonds is 4. The van der Waals surface area contributed by atoms with E-state index >= 15 is 0 Å². The smallest absolute Gasteiger partial charge is 0.224 e. The van der Waals surface area contributed by atoms with Crippen LogP contribution in [0.25, 0.3) is 0 Å². The molecule has 1 amide bonds. The summed E-state index contributed by atoms with van der Waals surface area (Å²) in [5, 5.41) is 8.60. The Balaban J connectivity index is 1.51. The second kappa shape index (κ2) is 6.75. The highest BCUT2D eigenvalue weighted by Crippen LogP contribution is 2.18. The number of nitrogens with zero attached hydrogens (tertiary/aromatic N) is 5. The van der Waals surface area contributed by atoms with Crippen molar-refractivity contribution in [3.8, 4) is 0 Å². The summed E-state index contributed by atoms with van der Waals surface area (Å²) in [5.74, 6) is 2.72. The zero-order chi connectivity index (χ0) is 15.5. The molecular weight excluding hydrogens is 282 g/mol. The maximum absolute atomic E-state index is 12.2. The number of hydrogen-bond acceptors (Lipinski definition) is 5. The van der Waals surface area contributed by atoms with Crippen molar-refractivity contribution in [3.05, 3.63) is 11.6 Å². The van der Waals surface area contributed by atoms with Crippen LogP contribution in [-0.4, -0.2) is 69.9 Å². The number of carbonyl (C=O) groups is 1. The molecule has 7 heteroatoms. The lowest BCUT2D eigenvalue weighted by Crippen LogP contribution is -2.42. The van der Waals surface area contributed by atoms with Gasteiger partial charge in [-0.1, -0.05) is 13.8 Å². The Kier molecular flexibility index (Phi) is 4.73. The Morgan fingerprint density at radius 1 is 1.18 bits per heavy atom. The topological polar surface area (TPSA) is 63.5 Å². The highest BCUT2D eigenvalue weighted by Gasteiger charge is 2.23. The molecule has 2 aliphatic rings. The van der Waals surface area contributed by atoms with Gasteiger partial charge in [0.05, 0.1) is 19.8 Å². The molecule has 7 nitrogen and oxygen atoms in total. The molecule has 22 heavy (non-hydrogen) atoms. The third-order valence-corrected chi connectivity index (χ3v) is 4.38.